The summed E-state index contributed by atoms with van der Waals surface area (Å²) in [6.45, 7) is 12.5. The molecule has 0 aliphatic carbocycles. The molecule has 9 nitrogen and oxygen atoms in total. The molecular formula is C49H54FN3O6. The van der Waals surface area contributed by atoms with Crippen molar-refractivity contribution in [1.29, 1.82) is 0 Å². The molecular weight excluding hydrogens is 746 g/mol. The highest BCUT2D eigenvalue weighted by atomic mass is 19.1. The number of imidazole rings is 1. The van der Waals surface area contributed by atoms with Crippen LogP contribution in [0.5, 0.6) is 5.75 Å². The highest BCUT2D eigenvalue weighted by molar-refractivity contribution is 5.80. The smallest absolute Gasteiger partial charge is 0.310 e. The largest absolute Gasteiger partial charge is 0.488 e. The van der Waals surface area contributed by atoms with Crippen molar-refractivity contribution in [3.05, 3.63) is 142 Å². The lowest BCUT2D eigenvalue weighted by molar-refractivity contribution is -0.139. The molecule has 0 amide bonds. The van der Waals surface area contributed by atoms with Gasteiger partial charge in [0, 0.05) is 30.4 Å². The summed E-state index contributed by atoms with van der Waals surface area (Å²) in [5.41, 5.74) is 8.96. The summed E-state index contributed by atoms with van der Waals surface area (Å²) in [4.78, 5) is 20.4. The van der Waals surface area contributed by atoms with Gasteiger partial charge >= 0.3 is 5.97 Å². The van der Waals surface area contributed by atoms with Crippen LogP contribution >= 0.6 is 0 Å². The van der Waals surface area contributed by atoms with Gasteiger partial charge in [-0.2, -0.15) is 0 Å². The molecule has 0 spiro atoms. The number of hydrogen-bond donors (Lipinski definition) is 0. The van der Waals surface area contributed by atoms with E-state index in [1.165, 1.54) is 13.2 Å². The van der Waals surface area contributed by atoms with Gasteiger partial charge in [-0.15, -0.1) is 0 Å². The van der Waals surface area contributed by atoms with Gasteiger partial charge in [0.05, 0.1) is 63.4 Å². The lowest BCUT2D eigenvalue weighted by Crippen LogP contribution is -2.45. The van der Waals surface area contributed by atoms with E-state index in [1.54, 1.807) is 0 Å². The molecule has 0 atom stereocenters. The van der Waals surface area contributed by atoms with Crippen molar-refractivity contribution in [2.75, 3.05) is 51.5 Å². The molecule has 0 saturated carbocycles. The molecule has 7 rings (SSSR count). The first-order valence-corrected chi connectivity index (χ1v) is 20.4. The Bertz CT molecular complexity index is 2360. The Labute approximate surface area is 346 Å². The first-order chi connectivity index (χ1) is 28.6. The molecule has 6 aromatic rings. The molecule has 0 bridgehead atoms. The summed E-state index contributed by atoms with van der Waals surface area (Å²) in [5.74, 6) is 0.754. The van der Waals surface area contributed by atoms with Crippen LogP contribution in [0.4, 0.5) is 10.2 Å². The van der Waals surface area contributed by atoms with E-state index in [1.807, 2.05) is 118 Å². The lowest BCUT2D eigenvalue weighted by atomic mass is 9.92. The number of benzene rings is 4. The Morgan fingerprint density at radius 1 is 0.780 bits per heavy atom. The number of methoxy groups -OCH3 is 1. The molecule has 2 aromatic heterocycles. The normalized spacial score (nSPS) is 13.8. The number of aryl methyl sites for hydroxylation is 2. The molecule has 0 N–H and O–H groups in total. The van der Waals surface area contributed by atoms with Gasteiger partial charge in [-0.25, -0.2) is 9.37 Å². The Morgan fingerprint density at radius 2 is 1.44 bits per heavy atom. The number of carbonyl (C=O) groups excluding carboxylic acids is 1. The van der Waals surface area contributed by atoms with Crippen molar-refractivity contribution in [3.8, 4) is 28.1 Å². The topological polar surface area (TPSA) is 83.8 Å². The molecule has 0 unspecified atom stereocenters. The molecule has 10 heteroatoms. The molecule has 1 fully saturated rings. The van der Waals surface area contributed by atoms with Gasteiger partial charge in [0.15, 0.2) is 0 Å². The number of esters is 1. The van der Waals surface area contributed by atoms with Crippen molar-refractivity contribution in [3.63, 3.8) is 0 Å². The van der Waals surface area contributed by atoms with E-state index in [-0.39, 0.29) is 23.8 Å². The highest BCUT2D eigenvalue weighted by Crippen LogP contribution is 2.39. The van der Waals surface area contributed by atoms with Crippen molar-refractivity contribution in [1.82, 2.24) is 9.38 Å². The third kappa shape index (κ3) is 10.0. The molecule has 0 radical (unpaired) electrons. The zero-order valence-electron chi connectivity index (χ0n) is 34.8. The van der Waals surface area contributed by atoms with Crippen molar-refractivity contribution in [2.45, 2.75) is 65.8 Å². The predicted molar refractivity (Wildman–Crippen MR) is 229 cm³/mol. The number of carbonyl (C=O) groups is 1. The number of rotatable bonds is 17. The van der Waals surface area contributed by atoms with E-state index in [9.17, 15) is 4.79 Å². The second-order valence-corrected chi connectivity index (χ2v) is 15.5. The van der Waals surface area contributed by atoms with E-state index in [0.717, 1.165) is 82.0 Å². The molecule has 1 aliphatic heterocycles. The first-order valence-electron chi connectivity index (χ1n) is 20.4. The molecule has 308 valence electrons. The molecule has 59 heavy (non-hydrogen) atoms. The number of anilines is 1. The Morgan fingerprint density at radius 3 is 2.15 bits per heavy atom. The fraction of sp³-hybridized carbons (Fsp3) is 0.347. The average Bonchev–Trinajstić information content (AvgIpc) is 3.69. The number of piperidine rings is 1. The summed E-state index contributed by atoms with van der Waals surface area (Å²) in [6, 6.07) is 31.2. The molecule has 4 aromatic carbocycles. The number of halogens is 1. The molecule has 3 heterocycles. The zero-order chi connectivity index (χ0) is 41.4. The van der Waals surface area contributed by atoms with Crippen molar-refractivity contribution in [2.24, 2.45) is 0 Å². The molecule has 1 saturated heterocycles. The number of hydrogen-bond acceptors (Lipinski definition) is 8. The van der Waals surface area contributed by atoms with Crippen LogP contribution in [0.3, 0.4) is 0 Å². The maximum Gasteiger partial charge on any atom is 0.310 e. The Kier molecular flexibility index (Phi) is 13.4. The summed E-state index contributed by atoms with van der Waals surface area (Å²) >= 11 is 0. The first kappa shape index (κ1) is 41.6. The summed E-state index contributed by atoms with van der Waals surface area (Å²) in [7, 11) is 1.42. The quantitative estimate of drug-likeness (QED) is 0.0667. The van der Waals surface area contributed by atoms with Gasteiger partial charge < -0.3 is 28.6 Å². The summed E-state index contributed by atoms with van der Waals surface area (Å²) in [5, 5.41) is 0. The number of fused-ring (bicyclic) bond motifs is 1. The van der Waals surface area contributed by atoms with Crippen molar-refractivity contribution < 1.29 is 32.9 Å². The number of nitrogens with zero attached hydrogens (tertiary/aromatic N) is 3. The van der Waals surface area contributed by atoms with E-state index >= 15 is 4.39 Å². The lowest BCUT2D eigenvalue weighted by Gasteiger charge is -2.41. The van der Waals surface area contributed by atoms with Crippen LogP contribution in [-0.2, 0) is 43.4 Å². The van der Waals surface area contributed by atoms with Gasteiger partial charge in [0.1, 0.15) is 29.6 Å². The minimum absolute atomic E-state index is 0.132. The number of pyridine rings is 1. The van der Waals surface area contributed by atoms with E-state index in [0.29, 0.717) is 56.5 Å². The second kappa shape index (κ2) is 19.0. The van der Waals surface area contributed by atoms with Crippen LogP contribution in [0.15, 0.2) is 103 Å². The molecule has 1 aliphatic rings. The second-order valence-electron chi connectivity index (χ2n) is 15.5. The van der Waals surface area contributed by atoms with Gasteiger partial charge in [-0.3, -0.25) is 9.20 Å². The van der Waals surface area contributed by atoms with E-state index < -0.39 is 0 Å². The van der Waals surface area contributed by atoms with Crippen LogP contribution in [0, 0.1) is 26.6 Å². The maximum atomic E-state index is 15.8. The van der Waals surface area contributed by atoms with Crippen LogP contribution < -0.4 is 9.64 Å². The fourth-order valence-electron chi connectivity index (χ4n) is 7.76. The number of ether oxygens (including phenoxy) is 5. The fourth-order valence-corrected chi connectivity index (χ4v) is 7.76. The van der Waals surface area contributed by atoms with Crippen LogP contribution in [0.25, 0.3) is 28.0 Å². The number of aromatic nitrogens is 2. The van der Waals surface area contributed by atoms with Gasteiger partial charge in [-0.1, -0.05) is 78.9 Å². The van der Waals surface area contributed by atoms with Crippen LogP contribution in [0.2, 0.25) is 0 Å². The summed E-state index contributed by atoms with van der Waals surface area (Å²) in [6.07, 6.45) is 3.74. The highest BCUT2D eigenvalue weighted by Gasteiger charge is 2.34. The SMILES string of the molecule is COC(=O)Cc1c(C)c(C)c2nc(-c3cccc(-c4c(F)cc(C)cc4OCc4ccccc4)c3)cn2c1N1CCC(C)(OCCOCCOCc2ccccc2)CC1. The van der Waals surface area contributed by atoms with Gasteiger partial charge in [0.2, 0.25) is 0 Å². The van der Waals surface area contributed by atoms with Gasteiger partial charge in [-0.05, 0) is 92.1 Å². The monoisotopic (exact) mass is 799 g/mol. The summed E-state index contributed by atoms with van der Waals surface area (Å²) < 4.78 is 47.3. The maximum absolute atomic E-state index is 15.8. The van der Waals surface area contributed by atoms with E-state index in [2.05, 4.69) is 16.2 Å². The van der Waals surface area contributed by atoms with Crippen molar-refractivity contribution >= 4 is 17.4 Å². The minimum Gasteiger partial charge on any atom is -0.488 e. The van der Waals surface area contributed by atoms with Crippen LogP contribution in [-0.4, -0.2) is 67.6 Å². The zero-order valence-corrected chi connectivity index (χ0v) is 34.8. The third-order valence-electron chi connectivity index (χ3n) is 11.3. The third-order valence-corrected chi connectivity index (χ3v) is 11.3. The average molecular weight is 800 g/mol. The Balaban J connectivity index is 1.09. The van der Waals surface area contributed by atoms with Crippen LogP contribution in [0.1, 0.15) is 53.1 Å². The van der Waals surface area contributed by atoms with Gasteiger partial charge in [0.25, 0.3) is 0 Å². The predicted octanol–water partition coefficient (Wildman–Crippen LogP) is 9.64. The standard InChI is InChI=1S/C49H54FN3O6/c1-34-27-42(50)46(44(28-34)58-33-38-15-10-7-11-16-38)40-18-12-17-39(29-40)43-31-53-47(51-43)36(3)35(2)41(30-45(54)55-5)48(53)52-21-19-49(4,20-22-52)59-26-25-56-23-24-57-32-37-13-8-6-9-14-37/h6-18,27-29,31H,19-26,30,32-33H2,1-5H3. The minimum atomic E-state index is -0.348. The Hall–Kier alpha value is -5.55. The van der Waals surface area contributed by atoms with E-state index in [4.69, 9.17) is 28.7 Å².